The van der Waals surface area contributed by atoms with E-state index in [9.17, 15) is 4.79 Å². The van der Waals surface area contributed by atoms with Crippen LogP contribution in [0.25, 0.3) is 0 Å². The van der Waals surface area contributed by atoms with Gasteiger partial charge in [-0.3, -0.25) is 4.79 Å². The van der Waals surface area contributed by atoms with Gasteiger partial charge in [0.05, 0.1) is 6.54 Å². The second-order valence-corrected chi connectivity index (χ2v) is 3.89. The van der Waals surface area contributed by atoms with Gasteiger partial charge in [0.2, 0.25) is 11.8 Å². The lowest BCUT2D eigenvalue weighted by Crippen LogP contribution is -2.22. The van der Waals surface area contributed by atoms with Crippen LogP contribution in [0.5, 0.6) is 0 Å². The molecule has 17 heavy (non-hydrogen) atoms. The molecule has 3 N–H and O–H groups in total. The van der Waals surface area contributed by atoms with Gasteiger partial charge in [-0.2, -0.15) is 0 Å². The number of nitrogens with zero attached hydrogens (tertiary/aromatic N) is 2. The summed E-state index contributed by atoms with van der Waals surface area (Å²) in [5.41, 5.74) is 0. The van der Waals surface area contributed by atoms with Crippen LogP contribution in [-0.4, -0.2) is 35.7 Å². The number of amides is 1. The fourth-order valence-corrected chi connectivity index (χ4v) is 1.10. The summed E-state index contributed by atoms with van der Waals surface area (Å²) in [6.45, 7) is 5.10. The summed E-state index contributed by atoms with van der Waals surface area (Å²) in [6.07, 6.45) is 0.373. The highest BCUT2D eigenvalue weighted by molar-refractivity contribution is 5.75. The quantitative estimate of drug-likeness (QED) is 0.628. The molecular weight excluding hydrogens is 222 g/mol. The first-order valence-corrected chi connectivity index (χ1v) is 5.62. The highest BCUT2D eigenvalue weighted by Crippen LogP contribution is 2.05. The second kappa shape index (κ2) is 6.85. The van der Waals surface area contributed by atoms with Gasteiger partial charge in [0.1, 0.15) is 0 Å². The largest absolute Gasteiger partial charge is 0.407 e. The van der Waals surface area contributed by atoms with E-state index in [2.05, 4.69) is 26.1 Å². The molecule has 0 unspecified atom stereocenters. The Balaban J connectivity index is 2.28. The predicted octanol–water partition coefficient (Wildman–Crippen LogP) is 0.116. The molecule has 0 saturated heterocycles. The van der Waals surface area contributed by atoms with Gasteiger partial charge in [-0.1, -0.05) is 18.9 Å². The minimum absolute atomic E-state index is 0.0290. The molecule has 1 aromatic heterocycles. The first kappa shape index (κ1) is 13.4. The number of aromatic nitrogens is 2. The Labute approximate surface area is 100 Å². The van der Waals surface area contributed by atoms with Crippen molar-refractivity contribution < 1.29 is 9.21 Å². The monoisotopic (exact) mass is 241 g/mol. The standard InChI is InChI=1S/C10H19N5O2/c1-7(2)13-6-9-14-15-10(17-9)12-5-4-8(16)11-3/h7,13H,4-6H2,1-3H3,(H,11,16)(H,12,15). The van der Waals surface area contributed by atoms with Gasteiger partial charge < -0.3 is 20.4 Å². The number of rotatable bonds is 7. The molecule has 7 nitrogen and oxygen atoms in total. The van der Waals surface area contributed by atoms with Crippen LogP contribution < -0.4 is 16.0 Å². The molecule has 7 heteroatoms. The Morgan fingerprint density at radius 3 is 2.82 bits per heavy atom. The van der Waals surface area contributed by atoms with Crippen molar-refractivity contribution in [3.8, 4) is 0 Å². The van der Waals surface area contributed by atoms with Gasteiger partial charge in [-0.05, 0) is 0 Å². The second-order valence-electron chi connectivity index (χ2n) is 3.89. The van der Waals surface area contributed by atoms with Crippen LogP contribution in [-0.2, 0) is 11.3 Å². The Kier molecular flexibility index (Phi) is 5.41. The smallest absolute Gasteiger partial charge is 0.315 e. The summed E-state index contributed by atoms with van der Waals surface area (Å²) in [4.78, 5) is 11.0. The van der Waals surface area contributed by atoms with Gasteiger partial charge >= 0.3 is 6.01 Å². The number of hydrogen-bond donors (Lipinski definition) is 3. The average Bonchev–Trinajstić information content (AvgIpc) is 2.74. The number of nitrogens with one attached hydrogen (secondary N) is 3. The van der Waals surface area contributed by atoms with E-state index in [0.29, 0.717) is 37.5 Å². The van der Waals surface area contributed by atoms with Crippen LogP contribution >= 0.6 is 0 Å². The molecule has 1 aromatic rings. The van der Waals surface area contributed by atoms with Crippen molar-refractivity contribution in [2.24, 2.45) is 0 Å². The SMILES string of the molecule is CNC(=O)CCNc1nnc(CNC(C)C)o1. The molecule has 0 spiro atoms. The third-order valence-corrected chi connectivity index (χ3v) is 2.04. The zero-order chi connectivity index (χ0) is 12.7. The van der Waals surface area contributed by atoms with Crippen LogP contribution in [0.3, 0.4) is 0 Å². The fraction of sp³-hybridized carbons (Fsp3) is 0.700. The molecule has 0 aromatic carbocycles. The maximum atomic E-state index is 11.0. The van der Waals surface area contributed by atoms with Crippen molar-refractivity contribution in [2.75, 3.05) is 18.9 Å². The lowest BCUT2D eigenvalue weighted by Gasteiger charge is -2.03. The van der Waals surface area contributed by atoms with E-state index in [4.69, 9.17) is 4.42 Å². The molecular formula is C10H19N5O2. The molecule has 0 fully saturated rings. The molecule has 0 atom stereocenters. The van der Waals surface area contributed by atoms with Gasteiger partial charge in [0.15, 0.2) is 0 Å². The summed E-state index contributed by atoms with van der Waals surface area (Å²) < 4.78 is 5.32. The van der Waals surface area contributed by atoms with Gasteiger partial charge in [-0.25, -0.2) is 0 Å². The van der Waals surface area contributed by atoms with E-state index in [1.165, 1.54) is 0 Å². The Morgan fingerprint density at radius 1 is 1.41 bits per heavy atom. The molecule has 0 aliphatic carbocycles. The Morgan fingerprint density at radius 2 is 2.18 bits per heavy atom. The molecule has 96 valence electrons. The topological polar surface area (TPSA) is 92.1 Å². The molecule has 0 aliphatic heterocycles. The number of carbonyl (C=O) groups is 1. The Bertz CT molecular complexity index is 350. The first-order valence-electron chi connectivity index (χ1n) is 5.62. The summed E-state index contributed by atoms with van der Waals surface area (Å²) >= 11 is 0. The molecule has 0 saturated carbocycles. The maximum absolute atomic E-state index is 11.0. The van der Waals surface area contributed by atoms with Crippen LogP contribution in [0, 0.1) is 0 Å². The molecule has 0 radical (unpaired) electrons. The van der Waals surface area contributed by atoms with Crippen molar-refractivity contribution in [1.29, 1.82) is 0 Å². The summed E-state index contributed by atoms with van der Waals surface area (Å²) in [7, 11) is 1.60. The molecule has 1 heterocycles. The van der Waals surface area contributed by atoms with Gasteiger partial charge in [0.25, 0.3) is 0 Å². The summed E-state index contributed by atoms with van der Waals surface area (Å²) in [5, 5.41) is 16.3. The van der Waals surface area contributed by atoms with Crippen molar-refractivity contribution in [3.63, 3.8) is 0 Å². The van der Waals surface area contributed by atoms with Gasteiger partial charge in [0, 0.05) is 26.1 Å². The summed E-state index contributed by atoms with van der Waals surface area (Å²) in [5.74, 6) is 0.500. The Hall–Kier alpha value is -1.63. The van der Waals surface area contributed by atoms with Crippen LogP contribution in [0.4, 0.5) is 6.01 Å². The van der Waals surface area contributed by atoms with Crippen molar-refractivity contribution >= 4 is 11.9 Å². The molecule has 0 aliphatic rings. The van der Waals surface area contributed by atoms with Crippen LogP contribution in [0.2, 0.25) is 0 Å². The van der Waals surface area contributed by atoms with E-state index in [1.54, 1.807) is 7.05 Å². The van der Waals surface area contributed by atoms with Crippen LogP contribution in [0.15, 0.2) is 4.42 Å². The number of carbonyl (C=O) groups excluding carboxylic acids is 1. The third kappa shape index (κ3) is 5.30. The number of anilines is 1. The average molecular weight is 241 g/mol. The lowest BCUT2D eigenvalue weighted by atomic mass is 10.4. The molecule has 1 amide bonds. The van der Waals surface area contributed by atoms with E-state index in [0.717, 1.165) is 0 Å². The third-order valence-electron chi connectivity index (χ3n) is 2.04. The highest BCUT2D eigenvalue weighted by atomic mass is 16.4. The van der Waals surface area contributed by atoms with Crippen molar-refractivity contribution in [1.82, 2.24) is 20.8 Å². The molecule has 1 rings (SSSR count). The minimum Gasteiger partial charge on any atom is -0.407 e. The zero-order valence-electron chi connectivity index (χ0n) is 10.4. The first-order chi connectivity index (χ1) is 8.11. The predicted molar refractivity (Wildman–Crippen MR) is 63.4 cm³/mol. The van der Waals surface area contributed by atoms with E-state index < -0.39 is 0 Å². The zero-order valence-corrected chi connectivity index (χ0v) is 10.4. The highest BCUT2D eigenvalue weighted by Gasteiger charge is 2.06. The number of hydrogen-bond acceptors (Lipinski definition) is 6. The van der Waals surface area contributed by atoms with Gasteiger partial charge in [-0.15, -0.1) is 5.10 Å². The normalized spacial score (nSPS) is 10.6. The minimum atomic E-state index is -0.0290. The van der Waals surface area contributed by atoms with Crippen molar-refractivity contribution in [3.05, 3.63) is 5.89 Å². The summed E-state index contributed by atoms with van der Waals surface area (Å²) in [6, 6.07) is 0.709. The van der Waals surface area contributed by atoms with E-state index in [-0.39, 0.29) is 5.91 Å². The maximum Gasteiger partial charge on any atom is 0.315 e. The van der Waals surface area contributed by atoms with E-state index in [1.807, 2.05) is 13.8 Å². The lowest BCUT2D eigenvalue weighted by molar-refractivity contribution is -0.120. The molecule has 0 bridgehead atoms. The fourth-order valence-electron chi connectivity index (χ4n) is 1.10. The van der Waals surface area contributed by atoms with E-state index >= 15 is 0 Å². The van der Waals surface area contributed by atoms with Crippen molar-refractivity contribution in [2.45, 2.75) is 32.9 Å². The van der Waals surface area contributed by atoms with Crippen LogP contribution in [0.1, 0.15) is 26.2 Å².